The van der Waals surface area contributed by atoms with Crippen molar-refractivity contribution in [3.05, 3.63) is 0 Å². The van der Waals surface area contributed by atoms with Crippen LogP contribution in [0.5, 0.6) is 0 Å². The minimum atomic E-state index is -0.553. The molecule has 0 aliphatic rings. The largest absolute Gasteiger partial charge is 0.368 e. The van der Waals surface area contributed by atoms with Crippen LogP contribution in [0.1, 0.15) is 19.3 Å². The van der Waals surface area contributed by atoms with Crippen LogP contribution >= 0.6 is 11.8 Å². The first-order valence-electron chi connectivity index (χ1n) is 4.89. The van der Waals surface area contributed by atoms with E-state index in [-0.39, 0.29) is 5.91 Å². The van der Waals surface area contributed by atoms with E-state index in [9.17, 15) is 9.59 Å². The van der Waals surface area contributed by atoms with Crippen molar-refractivity contribution in [2.24, 2.45) is 11.5 Å². The summed E-state index contributed by atoms with van der Waals surface area (Å²) >= 11 is 1.61. The maximum absolute atomic E-state index is 11.3. The molecule has 15 heavy (non-hydrogen) atoms. The Morgan fingerprint density at radius 3 is 2.60 bits per heavy atom. The summed E-state index contributed by atoms with van der Waals surface area (Å²) in [5.41, 5.74) is 10.4. The van der Waals surface area contributed by atoms with Gasteiger partial charge in [0.1, 0.15) is 6.04 Å². The molecular weight excluding hydrogens is 214 g/mol. The van der Waals surface area contributed by atoms with Gasteiger partial charge in [0.15, 0.2) is 0 Å². The van der Waals surface area contributed by atoms with Gasteiger partial charge in [-0.3, -0.25) is 9.59 Å². The first-order valence-corrected chi connectivity index (χ1v) is 6.29. The molecule has 0 bridgehead atoms. The number of primary amides is 1. The van der Waals surface area contributed by atoms with Crippen molar-refractivity contribution in [3.8, 4) is 0 Å². The van der Waals surface area contributed by atoms with Crippen LogP contribution in [-0.2, 0) is 9.59 Å². The maximum Gasteiger partial charge on any atom is 0.240 e. The van der Waals surface area contributed by atoms with Crippen LogP contribution in [0.4, 0.5) is 0 Å². The van der Waals surface area contributed by atoms with Crippen LogP contribution in [0.3, 0.4) is 0 Å². The number of thioether (sulfide) groups is 1. The topological polar surface area (TPSA) is 98.2 Å². The van der Waals surface area contributed by atoms with E-state index in [0.717, 1.165) is 5.75 Å². The van der Waals surface area contributed by atoms with Crippen molar-refractivity contribution in [1.29, 1.82) is 0 Å². The molecule has 0 fully saturated rings. The Morgan fingerprint density at radius 1 is 1.47 bits per heavy atom. The number of hydrogen-bond donors (Lipinski definition) is 3. The molecule has 0 rings (SSSR count). The number of hydrogen-bond acceptors (Lipinski definition) is 4. The second-order valence-electron chi connectivity index (χ2n) is 3.20. The summed E-state index contributed by atoms with van der Waals surface area (Å²) in [6.07, 6.45) is 3.48. The molecule has 0 aliphatic carbocycles. The Hall–Kier alpha value is -0.750. The predicted molar refractivity (Wildman–Crippen MR) is 62.4 cm³/mol. The number of nitrogens with two attached hydrogens (primary N) is 2. The lowest BCUT2D eigenvalue weighted by molar-refractivity contribution is -0.127. The zero-order chi connectivity index (χ0) is 11.7. The second-order valence-corrected chi connectivity index (χ2v) is 4.18. The number of rotatable bonds is 8. The van der Waals surface area contributed by atoms with E-state index in [1.54, 1.807) is 11.8 Å². The molecule has 0 aliphatic heterocycles. The summed E-state index contributed by atoms with van der Waals surface area (Å²) < 4.78 is 0. The third kappa shape index (κ3) is 7.21. The van der Waals surface area contributed by atoms with Gasteiger partial charge in [0.25, 0.3) is 0 Å². The molecule has 5 nitrogen and oxygen atoms in total. The predicted octanol–water partition coefficient (Wildman–Crippen LogP) is -0.551. The van der Waals surface area contributed by atoms with E-state index >= 15 is 0 Å². The smallest absolute Gasteiger partial charge is 0.240 e. The molecule has 0 heterocycles. The van der Waals surface area contributed by atoms with E-state index in [2.05, 4.69) is 5.32 Å². The Kier molecular flexibility index (Phi) is 8.12. The lowest BCUT2D eigenvalue weighted by Gasteiger charge is -2.14. The Morgan fingerprint density at radius 2 is 2.13 bits per heavy atom. The normalized spacial score (nSPS) is 12.1. The third-order valence-corrected chi connectivity index (χ3v) is 2.54. The quantitative estimate of drug-likeness (QED) is 0.524. The van der Waals surface area contributed by atoms with Crippen LogP contribution in [-0.4, -0.2) is 36.4 Å². The highest BCUT2D eigenvalue weighted by molar-refractivity contribution is 7.98. The fourth-order valence-electron chi connectivity index (χ4n) is 1.05. The van der Waals surface area contributed by atoms with E-state index < -0.39 is 11.9 Å². The number of carbonyl (C=O) groups excluding carboxylic acids is 2. The molecule has 0 aromatic heterocycles. The third-order valence-electron chi connectivity index (χ3n) is 1.90. The van der Waals surface area contributed by atoms with Crippen molar-refractivity contribution in [2.45, 2.75) is 25.3 Å². The van der Waals surface area contributed by atoms with Gasteiger partial charge >= 0.3 is 0 Å². The minimum absolute atomic E-state index is 0.162. The van der Waals surface area contributed by atoms with Crippen molar-refractivity contribution >= 4 is 23.6 Å². The molecule has 0 saturated carbocycles. The Bertz CT molecular complexity index is 212. The molecule has 88 valence electrons. The minimum Gasteiger partial charge on any atom is -0.368 e. The van der Waals surface area contributed by atoms with Crippen molar-refractivity contribution in [1.82, 2.24) is 5.32 Å². The molecular formula is C9H19N3O2S. The van der Waals surface area contributed by atoms with E-state index in [4.69, 9.17) is 11.5 Å². The zero-order valence-electron chi connectivity index (χ0n) is 8.99. The highest BCUT2D eigenvalue weighted by atomic mass is 32.2. The summed E-state index contributed by atoms with van der Waals surface area (Å²) in [6, 6.07) is -0.553. The van der Waals surface area contributed by atoms with Crippen LogP contribution in [0.15, 0.2) is 0 Å². The number of carbonyl (C=O) groups is 2. The van der Waals surface area contributed by atoms with Gasteiger partial charge in [0, 0.05) is 6.42 Å². The fourth-order valence-corrected chi connectivity index (χ4v) is 1.52. The highest BCUT2D eigenvalue weighted by Gasteiger charge is 2.16. The van der Waals surface area contributed by atoms with Crippen LogP contribution in [0.25, 0.3) is 0 Å². The molecule has 0 spiro atoms. The molecule has 1 unspecified atom stereocenters. The fraction of sp³-hybridized carbons (Fsp3) is 0.778. The molecule has 0 aromatic rings. The molecule has 6 heteroatoms. The van der Waals surface area contributed by atoms with Gasteiger partial charge < -0.3 is 16.8 Å². The summed E-state index contributed by atoms with van der Waals surface area (Å²) in [6.45, 7) is 0.472. The molecule has 0 radical (unpaired) electrons. The zero-order valence-corrected chi connectivity index (χ0v) is 9.81. The second kappa shape index (κ2) is 8.55. The molecule has 5 N–H and O–H groups in total. The standard InChI is InChI=1S/C9H19N3O2S/c1-15-6-4-7(9(11)14)12-8(13)3-2-5-10/h7H,2-6,10H2,1H3,(H2,11,14)(H,12,13). The lowest BCUT2D eigenvalue weighted by Crippen LogP contribution is -2.44. The van der Waals surface area contributed by atoms with Crippen molar-refractivity contribution in [3.63, 3.8) is 0 Å². The Labute approximate surface area is 94.3 Å². The molecule has 0 aromatic carbocycles. The average molecular weight is 233 g/mol. The summed E-state index contributed by atoms with van der Waals surface area (Å²) in [5, 5.41) is 2.60. The summed E-state index contributed by atoms with van der Waals surface area (Å²) in [4.78, 5) is 22.3. The Balaban J connectivity index is 3.93. The van der Waals surface area contributed by atoms with Gasteiger partial charge in [-0.25, -0.2) is 0 Å². The first kappa shape index (κ1) is 14.2. The van der Waals surface area contributed by atoms with E-state index in [1.807, 2.05) is 6.26 Å². The molecule has 0 saturated heterocycles. The van der Waals surface area contributed by atoms with Crippen molar-refractivity contribution in [2.75, 3.05) is 18.6 Å². The summed E-state index contributed by atoms with van der Waals surface area (Å²) in [5.74, 6) is 0.153. The average Bonchev–Trinajstić information content (AvgIpc) is 2.20. The first-order chi connectivity index (χ1) is 7.11. The lowest BCUT2D eigenvalue weighted by atomic mass is 10.2. The highest BCUT2D eigenvalue weighted by Crippen LogP contribution is 2.01. The van der Waals surface area contributed by atoms with Crippen molar-refractivity contribution < 1.29 is 9.59 Å². The van der Waals surface area contributed by atoms with Gasteiger partial charge in [-0.05, 0) is 31.4 Å². The SMILES string of the molecule is CSCCC(NC(=O)CCCN)C(N)=O. The van der Waals surface area contributed by atoms with Crippen LogP contribution in [0, 0.1) is 0 Å². The molecule has 2 amide bonds. The van der Waals surface area contributed by atoms with Crippen LogP contribution in [0.2, 0.25) is 0 Å². The number of nitrogens with one attached hydrogen (secondary N) is 1. The molecule has 1 atom stereocenters. The van der Waals surface area contributed by atoms with Gasteiger partial charge in [0.05, 0.1) is 0 Å². The number of amides is 2. The van der Waals surface area contributed by atoms with E-state index in [1.165, 1.54) is 0 Å². The van der Waals surface area contributed by atoms with Gasteiger partial charge in [-0.15, -0.1) is 0 Å². The monoisotopic (exact) mass is 233 g/mol. The van der Waals surface area contributed by atoms with E-state index in [0.29, 0.717) is 25.8 Å². The van der Waals surface area contributed by atoms with Gasteiger partial charge in [-0.2, -0.15) is 11.8 Å². The van der Waals surface area contributed by atoms with Gasteiger partial charge in [-0.1, -0.05) is 0 Å². The maximum atomic E-state index is 11.3. The van der Waals surface area contributed by atoms with Gasteiger partial charge in [0.2, 0.25) is 11.8 Å². The van der Waals surface area contributed by atoms with Crippen LogP contribution < -0.4 is 16.8 Å². The summed E-state index contributed by atoms with van der Waals surface area (Å²) in [7, 11) is 0.